The molecule has 104 valence electrons. The summed E-state index contributed by atoms with van der Waals surface area (Å²) in [4.78, 5) is 23.3. The first-order valence-electron chi connectivity index (χ1n) is 6.36. The molecule has 8 nitrogen and oxygen atoms in total. The lowest BCUT2D eigenvalue weighted by molar-refractivity contribution is -0.149. The summed E-state index contributed by atoms with van der Waals surface area (Å²) in [7, 11) is 0. The molecule has 1 saturated carbocycles. The first-order chi connectivity index (χ1) is 9.09. The molecule has 0 saturated heterocycles. The number of nitrogens with zero attached hydrogens (tertiary/aromatic N) is 3. The van der Waals surface area contributed by atoms with E-state index in [-0.39, 0.29) is 11.9 Å². The normalized spacial score (nSPS) is 24.7. The number of H-pyrrole nitrogens is 1. The number of carbonyl (C=O) groups excluding carboxylic acids is 1. The van der Waals surface area contributed by atoms with Gasteiger partial charge in [0.2, 0.25) is 5.91 Å². The fraction of sp³-hybridized carbons (Fsp3) is 0.727. The zero-order valence-electron chi connectivity index (χ0n) is 10.7. The highest BCUT2D eigenvalue weighted by Crippen LogP contribution is 2.30. The predicted molar refractivity (Wildman–Crippen MR) is 63.8 cm³/mol. The number of rotatable bonds is 4. The van der Waals surface area contributed by atoms with Gasteiger partial charge in [0, 0.05) is 0 Å². The Bertz CT molecular complexity index is 447. The molecule has 1 fully saturated rings. The lowest BCUT2D eigenvalue weighted by Gasteiger charge is -2.28. The second kappa shape index (κ2) is 5.77. The van der Waals surface area contributed by atoms with Crippen LogP contribution in [0.5, 0.6) is 0 Å². The van der Waals surface area contributed by atoms with Crippen molar-refractivity contribution >= 4 is 11.9 Å². The number of nitrogens with one attached hydrogen (secondary N) is 2. The van der Waals surface area contributed by atoms with Crippen molar-refractivity contribution in [1.29, 1.82) is 0 Å². The third-order valence-electron chi connectivity index (χ3n) is 3.53. The molecule has 19 heavy (non-hydrogen) atoms. The molecule has 0 radical (unpaired) electrons. The zero-order chi connectivity index (χ0) is 13.8. The van der Waals surface area contributed by atoms with E-state index in [9.17, 15) is 9.59 Å². The van der Waals surface area contributed by atoms with Gasteiger partial charge >= 0.3 is 5.97 Å². The maximum Gasteiger partial charge on any atom is 0.307 e. The highest BCUT2D eigenvalue weighted by Gasteiger charge is 2.36. The average molecular weight is 267 g/mol. The minimum Gasteiger partial charge on any atom is -0.481 e. The van der Waals surface area contributed by atoms with Crippen LogP contribution >= 0.6 is 0 Å². The number of carbonyl (C=O) groups is 2. The topological polar surface area (TPSA) is 121 Å². The molecule has 0 bridgehead atoms. The molecule has 1 heterocycles. The number of carboxylic acids is 1. The summed E-state index contributed by atoms with van der Waals surface area (Å²) >= 11 is 0. The average Bonchev–Trinajstić information content (AvgIpc) is 2.92. The highest BCUT2D eigenvalue weighted by molar-refractivity contribution is 5.85. The number of aliphatic carboxylic acids is 1. The quantitative estimate of drug-likeness (QED) is 0.720. The Hall–Kier alpha value is -1.99. The summed E-state index contributed by atoms with van der Waals surface area (Å²) in [6.45, 7) is 1.74. The lowest BCUT2D eigenvalue weighted by Crippen LogP contribution is -2.40. The van der Waals surface area contributed by atoms with Gasteiger partial charge in [0.15, 0.2) is 5.82 Å². The van der Waals surface area contributed by atoms with Crippen LogP contribution in [0.2, 0.25) is 0 Å². The molecule has 1 aromatic heterocycles. The molecular weight excluding hydrogens is 250 g/mol. The van der Waals surface area contributed by atoms with Crippen LogP contribution in [-0.4, -0.2) is 37.6 Å². The number of amides is 1. The maximum absolute atomic E-state index is 12.2. The van der Waals surface area contributed by atoms with E-state index in [2.05, 4.69) is 25.9 Å². The first-order valence-corrected chi connectivity index (χ1v) is 6.36. The van der Waals surface area contributed by atoms with Gasteiger partial charge in [-0.1, -0.05) is 18.1 Å². The molecule has 1 aliphatic rings. The molecule has 0 aliphatic heterocycles. The van der Waals surface area contributed by atoms with Crippen molar-refractivity contribution < 1.29 is 14.7 Å². The summed E-state index contributed by atoms with van der Waals surface area (Å²) in [5, 5.41) is 25.2. The minimum atomic E-state index is -0.896. The Balaban J connectivity index is 2.00. The van der Waals surface area contributed by atoms with Crippen molar-refractivity contribution in [2.45, 2.75) is 38.6 Å². The van der Waals surface area contributed by atoms with Crippen LogP contribution < -0.4 is 5.32 Å². The molecule has 2 rings (SSSR count). The third-order valence-corrected chi connectivity index (χ3v) is 3.53. The lowest BCUT2D eigenvalue weighted by atomic mass is 9.78. The molecule has 1 amide bonds. The Kier molecular flexibility index (Phi) is 4.08. The van der Waals surface area contributed by atoms with Crippen LogP contribution in [-0.2, 0) is 9.59 Å². The van der Waals surface area contributed by atoms with Crippen molar-refractivity contribution in [3.63, 3.8) is 0 Å². The first kappa shape index (κ1) is 13.4. The van der Waals surface area contributed by atoms with Crippen molar-refractivity contribution in [3.05, 3.63) is 5.82 Å². The predicted octanol–water partition coefficient (Wildman–Crippen LogP) is 0.268. The van der Waals surface area contributed by atoms with E-state index in [0.29, 0.717) is 18.7 Å². The van der Waals surface area contributed by atoms with Crippen LogP contribution in [0.3, 0.4) is 0 Å². The smallest absolute Gasteiger partial charge is 0.307 e. The van der Waals surface area contributed by atoms with Gasteiger partial charge in [0.05, 0.1) is 17.9 Å². The Morgan fingerprint density at radius 3 is 2.63 bits per heavy atom. The van der Waals surface area contributed by atoms with Gasteiger partial charge in [-0.15, -0.1) is 10.2 Å². The van der Waals surface area contributed by atoms with Crippen molar-refractivity contribution in [2.24, 2.45) is 11.8 Å². The molecule has 3 unspecified atom stereocenters. The number of hydrogen-bond donors (Lipinski definition) is 3. The van der Waals surface area contributed by atoms with Gasteiger partial charge in [-0.25, -0.2) is 0 Å². The summed E-state index contributed by atoms with van der Waals surface area (Å²) in [6, 6.07) is -0.386. The van der Waals surface area contributed by atoms with Gasteiger partial charge in [-0.3, -0.25) is 9.59 Å². The second-order valence-electron chi connectivity index (χ2n) is 4.84. The molecule has 3 atom stereocenters. The van der Waals surface area contributed by atoms with Crippen LogP contribution in [0.25, 0.3) is 0 Å². The van der Waals surface area contributed by atoms with Crippen molar-refractivity contribution in [1.82, 2.24) is 25.9 Å². The van der Waals surface area contributed by atoms with E-state index >= 15 is 0 Å². The van der Waals surface area contributed by atoms with Gasteiger partial charge in [-0.2, -0.15) is 5.21 Å². The van der Waals surface area contributed by atoms with Gasteiger partial charge in [-0.05, 0) is 19.8 Å². The van der Waals surface area contributed by atoms with E-state index in [0.717, 1.165) is 12.8 Å². The number of hydrogen-bond acceptors (Lipinski definition) is 5. The maximum atomic E-state index is 12.2. The monoisotopic (exact) mass is 267 g/mol. The van der Waals surface area contributed by atoms with E-state index in [4.69, 9.17) is 5.11 Å². The molecule has 3 N–H and O–H groups in total. The Labute approximate surface area is 110 Å². The third kappa shape index (κ3) is 3.07. The summed E-state index contributed by atoms with van der Waals surface area (Å²) in [6.07, 6.45) is 2.92. The second-order valence-corrected chi connectivity index (χ2v) is 4.84. The van der Waals surface area contributed by atoms with Crippen LogP contribution in [0.1, 0.15) is 44.5 Å². The summed E-state index contributed by atoms with van der Waals surface area (Å²) in [5.41, 5.74) is 0. The van der Waals surface area contributed by atoms with E-state index in [1.54, 1.807) is 6.92 Å². The van der Waals surface area contributed by atoms with Gasteiger partial charge in [0.25, 0.3) is 0 Å². The van der Waals surface area contributed by atoms with Crippen LogP contribution in [0.15, 0.2) is 0 Å². The number of carboxylic acid groups (broad SMARTS) is 1. The Morgan fingerprint density at radius 2 is 2.05 bits per heavy atom. The molecule has 8 heteroatoms. The standard InChI is InChI=1S/C11H17N5O3/c1-6(9-13-15-16-14-9)12-10(17)7-4-2-3-5-8(7)11(18)19/h6-8H,2-5H2,1H3,(H,12,17)(H,18,19)(H,13,14,15,16). The van der Waals surface area contributed by atoms with Crippen molar-refractivity contribution in [3.8, 4) is 0 Å². The zero-order valence-corrected chi connectivity index (χ0v) is 10.7. The fourth-order valence-corrected chi connectivity index (χ4v) is 2.48. The van der Waals surface area contributed by atoms with E-state index in [1.807, 2.05) is 0 Å². The molecule has 1 aromatic rings. The van der Waals surface area contributed by atoms with Gasteiger partial charge < -0.3 is 10.4 Å². The fourth-order valence-electron chi connectivity index (χ4n) is 2.48. The van der Waals surface area contributed by atoms with Crippen LogP contribution in [0.4, 0.5) is 0 Å². The SMILES string of the molecule is CC(NC(=O)C1CCCCC1C(=O)O)c1nn[nH]n1. The summed E-state index contributed by atoms with van der Waals surface area (Å²) in [5.74, 6) is -1.82. The van der Waals surface area contributed by atoms with E-state index in [1.165, 1.54) is 0 Å². The number of tetrazole rings is 1. The summed E-state index contributed by atoms with van der Waals surface area (Å²) < 4.78 is 0. The Morgan fingerprint density at radius 1 is 1.37 bits per heavy atom. The largest absolute Gasteiger partial charge is 0.481 e. The molecular formula is C11H17N5O3. The molecule has 0 spiro atoms. The van der Waals surface area contributed by atoms with E-state index < -0.39 is 17.8 Å². The molecule has 1 aliphatic carbocycles. The highest BCUT2D eigenvalue weighted by atomic mass is 16.4. The number of aromatic nitrogens is 4. The number of aromatic amines is 1. The van der Waals surface area contributed by atoms with Crippen molar-refractivity contribution in [2.75, 3.05) is 0 Å². The van der Waals surface area contributed by atoms with Gasteiger partial charge in [0.1, 0.15) is 0 Å². The molecule has 0 aromatic carbocycles. The van der Waals surface area contributed by atoms with Crippen LogP contribution in [0, 0.1) is 11.8 Å². The minimum absolute atomic E-state index is 0.246.